The van der Waals surface area contributed by atoms with E-state index >= 15 is 0 Å². The number of rotatable bonds is 5. The molecule has 20 heavy (non-hydrogen) atoms. The molecular formula is C14H18ClN2O3-. The Bertz CT molecular complexity index is 622. The number of carboxylic acids is 1. The molecule has 110 valence electrons. The average Bonchev–Trinajstić information content (AvgIpc) is 2.75. The largest absolute Gasteiger partial charge is 1.00 e. The van der Waals surface area contributed by atoms with Gasteiger partial charge in [-0.1, -0.05) is 0 Å². The molecule has 0 saturated heterocycles. The number of aliphatic carboxylic acids is 1. The smallest absolute Gasteiger partial charge is 0.303 e. The van der Waals surface area contributed by atoms with Crippen molar-refractivity contribution in [1.82, 2.24) is 9.97 Å². The molecule has 0 atom stereocenters. The van der Waals surface area contributed by atoms with Crippen LogP contribution in [0.4, 0.5) is 0 Å². The predicted molar refractivity (Wildman–Crippen MR) is 72.7 cm³/mol. The van der Waals surface area contributed by atoms with Crippen LogP contribution in [-0.2, 0) is 11.2 Å². The van der Waals surface area contributed by atoms with Crippen LogP contribution in [0.15, 0.2) is 6.07 Å². The molecule has 2 N–H and O–H groups in total. The van der Waals surface area contributed by atoms with E-state index < -0.39 is 5.97 Å². The second-order valence-electron chi connectivity index (χ2n) is 4.55. The summed E-state index contributed by atoms with van der Waals surface area (Å²) in [5.74, 6) is 0.753. The monoisotopic (exact) mass is 297 g/mol. The highest BCUT2D eigenvalue weighted by atomic mass is 35.5. The summed E-state index contributed by atoms with van der Waals surface area (Å²) in [4.78, 5) is 18.2. The van der Waals surface area contributed by atoms with Gasteiger partial charge in [-0.05, 0) is 32.4 Å². The zero-order valence-corrected chi connectivity index (χ0v) is 12.5. The number of nitrogens with zero attached hydrogens (tertiary/aromatic N) is 1. The molecule has 0 spiro atoms. The number of fused-ring (bicyclic) bond motifs is 1. The van der Waals surface area contributed by atoms with Gasteiger partial charge in [-0.2, -0.15) is 0 Å². The molecule has 0 bridgehead atoms. The van der Waals surface area contributed by atoms with Crippen LogP contribution < -0.4 is 17.1 Å². The second-order valence-corrected chi connectivity index (χ2v) is 4.55. The Balaban J connectivity index is 0.00000200. The molecular weight excluding hydrogens is 280 g/mol. The van der Waals surface area contributed by atoms with Crippen LogP contribution in [0.25, 0.3) is 11.0 Å². The van der Waals surface area contributed by atoms with E-state index in [0.29, 0.717) is 18.9 Å². The third-order valence-corrected chi connectivity index (χ3v) is 3.06. The first kappa shape index (κ1) is 16.3. The first-order chi connectivity index (χ1) is 9.02. The molecule has 0 aliphatic heterocycles. The fraction of sp³-hybridized carbons (Fsp3) is 0.429. The van der Waals surface area contributed by atoms with E-state index in [1.165, 1.54) is 0 Å². The molecule has 0 fully saturated rings. The summed E-state index contributed by atoms with van der Waals surface area (Å²) >= 11 is 0. The van der Waals surface area contributed by atoms with E-state index in [4.69, 9.17) is 9.84 Å². The minimum absolute atomic E-state index is 0. The highest BCUT2D eigenvalue weighted by molar-refractivity contribution is 5.82. The summed E-state index contributed by atoms with van der Waals surface area (Å²) in [5.41, 5.74) is 3.84. The molecule has 0 unspecified atom stereocenters. The maximum Gasteiger partial charge on any atom is 0.303 e. The van der Waals surface area contributed by atoms with E-state index in [1.807, 2.05) is 26.8 Å². The number of ether oxygens (including phenoxy) is 1. The van der Waals surface area contributed by atoms with Gasteiger partial charge in [0.05, 0.1) is 24.1 Å². The minimum atomic E-state index is -0.816. The zero-order valence-electron chi connectivity index (χ0n) is 11.8. The molecule has 0 saturated carbocycles. The van der Waals surface area contributed by atoms with Gasteiger partial charge in [-0.15, -0.1) is 0 Å². The average molecular weight is 298 g/mol. The summed E-state index contributed by atoms with van der Waals surface area (Å²) in [6, 6.07) is 1.99. The lowest BCUT2D eigenvalue weighted by atomic mass is 10.1. The highest BCUT2D eigenvalue weighted by Gasteiger charge is 2.13. The fourth-order valence-corrected chi connectivity index (χ4v) is 2.22. The van der Waals surface area contributed by atoms with Crippen molar-refractivity contribution in [2.24, 2.45) is 0 Å². The lowest BCUT2D eigenvalue weighted by Gasteiger charge is -2.10. The SMILES string of the molecule is CCOc1c(C)cc2[nH]c(CCC(=O)O)nc2c1C.[Cl-]. The third-order valence-electron chi connectivity index (χ3n) is 3.06. The number of hydrogen-bond donors (Lipinski definition) is 2. The van der Waals surface area contributed by atoms with Crippen LogP contribution in [-0.4, -0.2) is 27.7 Å². The summed E-state index contributed by atoms with van der Waals surface area (Å²) in [7, 11) is 0. The van der Waals surface area contributed by atoms with Gasteiger partial charge in [0.25, 0.3) is 0 Å². The molecule has 5 nitrogen and oxygen atoms in total. The zero-order chi connectivity index (χ0) is 14.0. The van der Waals surface area contributed by atoms with Gasteiger partial charge in [0.2, 0.25) is 0 Å². The van der Waals surface area contributed by atoms with Crippen molar-refractivity contribution >= 4 is 17.0 Å². The number of carbonyl (C=O) groups is 1. The number of nitrogens with one attached hydrogen (secondary N) is 1. The molecule has 0 radical (unpaired) electrons. The van der Waals surface area contributed by atoms with Crippen LogP contribution in [0.5, 0.6) is 5.75 Å². The standard InChI is InChI=1S/C14H18N2O3.ClH/c1-4-19-14-8(2)7-10-13(9(14)3)16-11(15-10)5-6-12(17)18;/h7H,4-6H2,1-3H3,(H,15,16)(H,17,18);1H/p-1. The van der Waals surface area contributed by atoms with Crippen molar-refractivity contribution in [3.63, 3.8) is 0 Å². The summed E-state index contributed by atoms with van der Waals surface area (Å²) < 4.78 is 5.63. The van der Waals surface area contributed by atoms with Gasteiger partial charge in [0, 0.05) is 12.0 Å². The quantitative estimate of drug-likeness (QED) is 0.787. The number of aryl methyl sites for hydroxylation is 3. The Morgan fingerprint density at radius 2 is 2.15 bits per heavy atom. The molecule has 0 aliphatic carbocycles. The molecule has 1 aromatic carbocycles. The number of hydrogen-bond acceptors (Lipinski definition) is 3. The van der Waals surface area contributed by atoms with Gasteiger partial charge < -0.3 is 27.2 Å². The Morgan fingerprint density at radius 3 is 2.75 bits per heavy atom. The van der Waals surface area contributed by atoms with Gasteiger partial charge in [0.15, 0.2) is 0 Å². The molecule has 0 amide bonds. The lowest BCUT2D eigenvalue weighted by molar-refractivity contribution is -0.137. The highest BCUT2D eigenvalue weighted by Crippen LogP contribution is 2.30. The van der Waals surface area contributed by atoms with Crippen LogP contribution in [0.2, 0.25) is 0 Å². The first-order valence-electron chi connectivity index (χ1n) is 6.36. The maximum atomic E-state index is 10.6. The van der Waals surface area contributed by atoms with Crippen molar-refractivity contribution in [3.05, 3.63) is 23.0 Å². The number of aromatic amines is 1. The van der Waals surface area contributed by atoms with Crippen molar-refractivity contribution in [1.29, 1.82) is 0 Å². The van der Waals surface area contributed by atoms with Crippen LogP contribution in [0.3, 0.4) is 0 Å². The van der Waals surface area contributed by atoms with Crippen molar-refractivity contribution in [2.45, 2.75) is 33.6 Å². The second kappa shape index (κ2) is 6.61. The van der Waals surface area contributed by atoms with E-state index in [0.717, 1.165) is 27.9 Å². The summed E-state index contributed by atoms with van der Waals surface area (Å²) in [5, 5.41) is 8.70. The number of H-pyrrole nitrogens is 1. The van der Waals surface area contributed by atoms with Crippen molar-refractivity contribution < 1.29 is 27.0 Å². The Hall–Kier alpha value is -1.75. The maximum absolute atomic E-state index is 10.6. The van der Waals surface area contributed by atoms with Crippen LogP contribution in [0, 0.1) is 13.8 Å². The Morgan fingerprint density at radius 1 is 1.45 bits per heavy atom. The van der Waals surface area contributed by atoms with Gasteiger partial charge in [0.1, 0.15) is 11.6 Å². The third kappa shape index (κ3) is 3.22. The van der Waals surface area contributed by atoms with Gasteiger partial charge in [-0.3, -0.25) is 4.79 Å². The summed E-state index contributed by atoms with van der Waals surface area (Å²) in [6.45, 7) is 6.53. The van der Waals surface area contributed by atoms with Crippen LogP contribution in [0.1, 0.15) is 30.3 Å². The number of aromatic nitrogens is 2. The number of imidazole rings is 1. The topological polar surface area (TPSA) is 75.2 Å². The molecule has 6 heteroatoms. The predicted octanol–water partition coefficient (Wildman–Crippen LogP) is -0.400. The fourth-order valence-electron chi connectivity index (χ4n) is 2.22. The Kier molecular flexibility index (Phi) is 5.39. The minimum Gasteiger partial charge on any atom is -1.00 e. The number of carboxylic acid groups (broad SMARTS) is 1. The van der Waals surface area contributed by atoms with E-state index in [-0.39, 0.29) is 18.8 Å². The van der Waals surface area contributed by atoms with Crippen LogP contribution >= 0.6 is 0 Å². The number of benzene rings is 1. The first-order valence-corrected chi connectivity index (χ1v) is 6.36. The molecule has 1 heterocycles. The van der Waals surface area contributed by atoms with Gasteiger partial charge in [-0.25, -0.2) is 4.98 Å². The molecule has 2 rings (SSSR count). The number of halogens is 1. The van der Waals surface area contributed by atoms with E-state index in [2.05, 4.69) is 9.97 Å². The van der Waals surface area contributed by atoms with Gasteiger partial charge >= 0.3 is 5.97 Å². The van der Waals surface area contributed by atoms with E-state index in [9.17, 15) is 4.79 Å². The molecule has 1 aromatic heterocycles. The summed E-state index contributed by atoms with van der Waals surface area (Å²) in [6.07, 6.45) is 0.489. The lowest BCUT2D eigenvalue weighted by Crippen LogP contribution is -3.00. The molecule has 2 aromatic rings. The van der Waals surface area contributed by atoms with Crippen molar-refractivity contribution in [3.8, 4) is 5.75 Å². The molecule has 0 aliphatic rings. The Labute approximate surface area is 123 Å². The normalized spacial score (nSPS) is 10.3. The van der Waals surface area contributed by atoms with E-state index in [1.54, 1.807) is 0 Å². The van der Waals surface area contributed by atoms with Crippen molar-refractivity contribution in [2.75, 3.05) is 6.61 Å².